The second kappa shape index (κ2) is 7.73. The van der Waals surface area contributed by atoms with Gasteiger partial charge in [-0.15, -0.1) is 0 Å². The van der Waals surface area contributed by atoms with E-state index in [1.165, 1.54) is 43.6 Å². The zero-order valence-corrected chi connectivity index (χ0v) is 14.4. The largest absolute Gasteiger partial charge is 0.444 e. The molecule has 5 heteroatoms. The van der Waals surface area contributed by atoms with Gasteiger partial charge in [0.2, 0.25) is 0 Å². The molecule has 1 saturated heterocycles. The molecule has 2 aliphatic rings. The summed E-state index contributed by atoms with van der Waals surface area (Å²) in [5.41, 5.74) is -0.420. The van der Waals surface area contributed by atoms with E-state index < -0.39 is 5.60 Å². The lowest BCUT2D eigenvalue weighted by Gasteiger charge is -2.29. The van der Waals surface area contributed by atoms with Crippen LogP contribution >= 0.6 is 11.8 Å². The van der Waals surface area contributed by atoms with E-state index in [0.717, 1.165) is 6.54 Å². The number of nitrogens with one attached hydrogen (secondary N) is 2. The number of carbonyl (C=O) groups is 1. The summed E-state index contributed by atoms with van der Waals surface area (Å²) >= 11 is 2.06. The molecule has 3 unspecified atom stereocenters. The van der Waals surface area contributed by atoms with E-state index in [0.29, 0.717) is 18.0 Å². The lowest BCUT2D eigenvalue weighted by atomic mass is 10.0. The third-order valence-electron chi connectivity index (χ3n) is 4.18. The Hall–Kier alpha value is -0.420. The van der Waals surface area contributed by atoms with Gasteiger partial charge in [-0.2, -0.15) is 11.8 Å². The topological polar surface area (TPSA) is 50.4 Å². The van der Waals surface area contributed by atoms with E-state index >= 15 is 0 Å². The Morgan fingerprint density at radius 2 is 2.05 bits per heavy atom. The molecular formula is C16H30N2O2S. The molecule has 2 N–H and O–H groups in total. The van der Waals surface area contributed by atoms with E-state index in [1.807, 2.05) is 20.8 Å². The van der Waals surface area contributed by atoms with Gasteiger partial charge in [0, 0.05) is 24.4 Å². The summed E-state index contributed by atoms with van der Waals surface area (Å²) in [5, 5.41) is 6.77. The summed E-state index contributed by atoms with van der Waals surface area (Å²) in [6.45, 7) is 6.42. The Kier molecular flexibility index (Phi) is 6.23. The highest BCUT2D eigenvalue weighted by Gasteiger charge is 2.30. The summed E-state index contributed by atoms with van der Waals surface area (Å²) in [7, 11) is 0. The van der Waals surface area contributed by atoms with Crippen LogP contribution < -0.4 is 10.6 Å². The standard InChI is InChI=1S/C16H30N2O2S/c1-16(2,3)20-15(19)17-10-12-6-4-8-14(12)18-13-7-5-9-21-11-13/h12-14,18H,4-11H2,1-3H3,(H,17,19). The molecule has 0 spiro atoms. The maximum atomic E-state index is 11.8. The average molecular weight is 314 g/mol. The molecule has 1 amide bonds. The molecule has 0 radical (unpaired) electrons. The van der Waals surface area contributed by atoms with Crippen LogP contribution in [-0.2, 0) is 4.74 Å². The van der Waals surface area contributed by atoms with Crippen molar-refractivity contribution in [2.24, 2.45) is 5.92 Å². The van der Waals surface area contributed by atoms with Crippen LogP contribution in [0.3, 0.4) is 0 Å². The first-order chi connectivity index (χ1) is 9.94. The first-order valence-corrected chi connectivity index (χ1v) is 9.40. The molecule has 21 heavy (non-hydrogen) atoms. The Labute approximate surface area is 133 Å². The highest BCUT2D eigenvalue weighted by molar-refractivity contribution is 7.99. The van der Waals surface area contributed by atoms with Gasteiger partial charge < -0.3 is 15.4 Å². The van der Waals surface area contributed by atoms with E-state index in [1.54, 1.807) is 0 Å². The molecule has 3 atom stereocenters. The Balaban J connectivity index is 1.72. The van der Waals surface area contributed by atoms with Crippen LogP contribution in [0.2, 0.25) is 0 Å². The third-order valence-corrected chi connectivity index (χ3v) is 5.39. The predicted octanol–water partition coefficient (Wildman–Crippen LogP) is 3.17. The van der Waals surface area contributed by atoms with Gasteiger partial charge in [-0.1, -0.05) is 6.42 Å². The molecule has 0 bridgehead atoms. The molecule has 1 heterocycles. The maximum absolute atomic E-state index is 11.8. The summed E-state index contributed by atoms with van der Waals surface area (Å²) < 4.78 is 5.31. The van der Waals surface area contributed by atoms with Crippen molar-refractivity contribution in [1.82, 2.24) is 10.6 Å². The van der Waals surface area contributed by atoms with Crippen molar-refractivity contribution in [3.8, 4) is 0 Å². The molecule has 2 fully saturated rings. The lowest BCUT2D eigenvalue weighted by molar-refractivity contribution is 0.0517. The van der Waals surface area contributed by atoms with E-state index in [4.69, 9.17) is 4.74 Å². The van der Waals surface area contributed by atoms with Crippen LogP contribution in [0.1, 0.15) is 52.9 Å². The second-order valence-corrected chi connectivity index (χ2v) is 8.41. The maximum Gasteiger partial charge on any atom is 0.407 e. The first kappa shape index (κ1) is 16.9. The van der Waals surface area contributed by atoms with Crippen LogP contribution in [0.4, 0.5) is 4.79 Å². The Morgan fingerprint density at radius 1 is 1.24 bits per heavy atom. The molecule has 0 aromatic carbocycles. The van der Waals surface area contributed by atoms with Crippen LogP contribution in [0.15, 0.2) is 0 Å². The zero-order valence-electron chi connectivity index (χ0n) is 13.6. The Morgan fingerprint density at radius 3 is 2.71 bits per heavy atom. The molecule has 1 saturated carbocycles. The summed E-state index contributed by atoms with van der Waals surface area (Å²) in [6.07, 6.45) is 6.04. The number of carbonyl (C=O) groups excluding carboxylic acids is 1. The summed E-state index contributed by atoms with van der Waals surface area (Å²) in [5.74, 6) is 3.10. The summed E-state index contributed by atoms with van der Waals surface area (Å²) in [6, 6.07) is 1.22. The quantitative estimate of drug-likeness (QED) is 0.837. The molecule has 0 aromatic rings. The minimum Gasteiger partial charge on any atom is -0.444 e. The first-order valence-electron chi connectivity index (χ1n) is 8.25. The molecule has 122 valence electrons. The van der Waals surface area contributed by atoms with Gasteiger partial charge in [0.15, 0.2) is 0 Å². The van der Waals surface area contributed by atoms with Crippen molar-refractivity contribution in [3.63, 3.8) is 0 Å². The number of ether oxygens (including phenoxy) is 1. The molecular weight excluding hydrogens is 284 g/mol. The SMILES string of the molecule is CC(C)(C)OC(=O)NCC1CCCC1NC1CCCSC1. The van der Waals surface area contributed by atoms with Gasteiger partial charge in [0.1, 0.15) is 5.60 Å². The number of hydrogen-bond donors (Lipinski definition) is 2. The molecule has 1 aliphatic heterocycles. The third kappa shape index (κ3) is 6.07. The fourth-order valence-corrected chi connectivity index (χ4v) is 4.29. The normalized spacial score (nSPS) is 30.1. The minimum atomic E-state index is -0.420. The van der Waals surface area contributed by atoms with Gasteiger partial charge in [-0.3, -0.25) is 0 Å². The van der Waals surface area contributed by atoms with Crippen LogP contribution in [-0.4, -0.2) is 41.8 Å². The van der Waals surface area contributed by atoms with Gasteiger partial charge in [-0.25, -0.2) is 4.79 Å². The van der Waals surface area contributed by atoms with Crippen molar-refractivity contribution in [3.05, 3.63) is 0 Å². The second-order valence-electron chi connectivity index (χ2n) is 7.26. The molecule has 1 aliphatic carbocycles. The minimum absolute atomic E-state index is 0.290. The highest BCUT2D eigenvalue weighted by Crippen LogP contribution is 2.27. The van der Waals surface area contributed by atoms with Crippen LogP contribution in [0, 0.1) is 5.92 Å². The highest BCUT2D eigenvalue weighted by atomic mass is 32.2. The van der Waals surface area contributed by atoms with Gasteiger partial charge in [0.05, 0.1) is 0 Å². The smallest absolute Gasteiger partial charge is 0.407 e. The molecule has 4 nitrogen and oxygen atoms in total. The van der Waals surface area contributed by atoms with Gasteiger partial charge in [-0.05, 0) is 58.1 Å². The number of alkyl carbamates (subject to hydrolysis) is 1. The number of thioether (sulfide) groups is 1. The van der Waals surface area contributed by atoms with Gasteiger partial charge in [0.25, 0.3) is 0 Å². The van der Waals surface area contributed by atoms with Crippen molar-refractivity contribution < 1.29 is 9.53 Å². The number of hydrogen-bond acceptors (Lipinski definition) is 4. The fraction of sp³-hybridized carbons (Fsp3) is 0.938. The lowest BCUT2D eigenvalue weighted by Crippen LogP contribution is -2.46. The monoisotopic (exact) mass is 314 g/mol. The van der Waals surface area contributed by atoms with Gasteiger partial charge >= 0.3 is 6.09 Å². The van der Waals surface area contributed by atoms with Crippen molar-refractivity contribution >= 4 is 17.9 Å². The summed E-state index contributed by atoms with van der Waals surface area (Å²) in [4.78, 5) is 11.8. The van der Waals surface area contributed by atoms with E-state index in [2.05, 4.69) is 22.4 Å². The van der Waals surface area contributed by atoms with Crippen LogP contribution in [0.5, 0.6) is 0 Å². The van der Waals surface area contributed by atoms with Crippen molar-refractivity contribution in [2.45, 2.75) is 70.6 Å². The van der Waals surface area contributed by atoms with E-state index in [-0.39, 0.29) is 6.09 Å². The van der Waals surface area contributed by atoms with Crippen molar-refractivity contribution in [2.75, 3.05) is 18.1 Å². The van der Waals surface area contributed by atoms with Crippen molar-refractivity contribution in [1.29, 1.82) is 0 Å². The van der Waals surface area contributed by atoms with E-state index in [9.17, 15) is 4.79 Å². The molecule has 0 aromatic heterocycles. The molecule has 2 rings (SSSR count). The predicted molar refractivity (Wildman–Crippen MR) is 88.8 cm³/mol. The fourth-order valence-electron chi connectivity index (χ4n) is 3.20. The Bertz CT molecular complexity index is 338. The number of amides is 1. The zero-order chi connectivity index (χ0) is 15.3. The number of rotatable bonds is 4. The average Bonchev–Trinajstić information content (AvgIpc) is 2.83. The van der Waals surface area contributed by atoms with Crippen LogP contribution in [0.25, 0.3) is 0 Å².